The molecule has 0 heterocycles. The zero-order valence-electron chi connectivity index (χ0n) is 18.9. The first-order chi connectivity index (χ1) is 14.3. The molecule has 0 aliphatic carbocycles. The Morgan fingerprint density at radius 1 is 0.552 bits per heavy atom. The molecule has 0 amide bonds. The lowest BCUT2D eigenvalue weighted by molar-refractivity contribution is 0.474. The summed E-state index contributed by atoms with van der Waals surface area (Å²) in [4.78, 5) is 0. The Balaban J connectivity index is 1.76. The third kappa shape index (κ3) is 10.0. The lowest BCUT2D eigenvalue weighted by atomic mass is 10.0. The fourth-order valence-electron chi connectivity index (χ4n) is 3.87. The highest BCUT2D eigenvalue weighted by atomic mass is 16.5. The van der Waals surface area contributed by atoms with E-state index in [0.717, 1.165) is 17.9 Å². The molecular weight excluding hydrogens is 352 g/mol. The van der Waals surface area contributed by atoms with Crippen molar-refractivity contribution < 1.29 is 4.74 Å². The molecule has 0 atom stereocenters. The van der Waals surface area contributed by atoms with Crippen molar-refractivity contribution in [3.05, 3.63) is 59.7 Å². The minimum absolute atomic E-state index is 0.951. The van der Waals surface area contributed by atoms with E-state index in [1.165, 1.54) is 94.6 Å². The van der Waals surface area contributed by atoms with Gasteiger partial charge in [0.25, 0.3) is 0 Å². The van der Waals surface area contributed by atoms with Crippen LogP contribution in [0.1, 0.15) is 102 Å². The first kappa shape index (κ1) is 23.5. The Bertz CT molecular complexity index is 644. The molecule has 29 heavy (non-hydrogen) atoms. The van der Waals surface area contributed by atoms with E-state index >= 15 is 0 Å². The molecule has 0 aliphatic rings. The second-order valence-electron chi connectivity index (χ2n) is 8.39. The molecule has 0 spiro atoms. The van der Waals surface area contributed by atoms with Crippen LogP contribution in [0.2, 0.25) is 0 Å². The van der Waals surface area contributed by atoms with Gasteiger partial charge in [0.15, 0.2) is 0 Å². The molecule has 0 N–H and O–H groups in total. The highest BCUT2D eigenvalue weighted by molar-refractivity contribution is 5.38. The normalized spacial score (nSPS) is 11.0. The second kappa shape index (κ2) is 15.1. The van der Waals surface area contributed by atoms with Gasteiger partial charge in [0, 0.05) is 0 Å². The minimum Gasteiger partial charge on any atom is -0.457 e. The average molecular weight is 395 g/mol. The number of rotatable bonds is 16. The maximum absolute atomic E-state index is 6.23. The van der Waals surface area contributed by atoms with Gasteiger partial charge >= 0.3 is 0 Å². The molecule has 0 saturated carbocycles. The summed E-state index contributed by atoms with van der Waals surface area (Å²) in [6.07, 6.45) is 18.4. The van der Waals surface area contributed by atoms with Crippen LogP contribution in [0.4, 0.5) is 0 Å². The number of ether oxygens (including phenoxy) is 1. The summed E-state index contributed by atoms with van der Waals surface area (Å²) in [6, 6.07) is 17.3. The molecule has 0 aliphatic heterocycles. The molecule has 0 aromatic heterocycles. The van der Waals surface area contributed by atoms with Gasteiger partial charge in [-0.1, -0.05) is 108 Å². The van der Waals surface area contributed by atoms with Crippen molar-refractivity contribution in [3.63, 3.8) is 0 Å². The van der Waals surface area contributed by atoms with Crippen LogP contribution in [-0.4, -0.2) is 0 Å². The van der Waals surface area contributed by atoms with Crippen molar-refractivity contribution in [1.82, 2.24) is 0 Å². The standard InChI is InChI=1S/C28H42O/c1-3-5-7-9-11-13-17-25-21-23-27(24-22-25)29-28-20-16-15-19-26(28)18-14-12-10-8-6-4-2/h15-16,19-24H,3-14,17-18H2,1-2H3. The molecular formula is C28H42O. The van der Waals surface area contributed by atoms with Gasteiger partial charge in [-0.3, -0.25) is 0 Å². The molecule has 2 aromatic carbocycles. The zero-order chi connectivity index (χ0) is 20.6. The maximum atomic E-state index is 6.23. The molecule has 0 fully saturated rings. The van der Waals surface area contributed by atoms with Crippen LogP contribution in [0.5, 0.6) is 11.5 Å². The summed E-state index contributed by atoms with van der Waals surface area (Å²) in [5.74, 6) is 1.97. The van der Waals surface area contributed by atoms with Crippen LogP contribution in [0, 0.1) is 0 Å². The van der Waals surface area contributed by atoms with Crippen LogP contribution in [0.25, 0.3) is 0 Å². The van der Waals surface area contributed by atoms with E-state index in [0.29, 0.717) is 0 Å². The smallest absolute Gasteiger partial charge is 0.130 e. The van der Waals surface area contributed by atoms with Gasteiger partial charge in [0.2, 0.25) is 0 Å². The van der Waals surface area contributed by atoms with Crippen molar-refractivity contribution in [2.24, 2.45) is 0 Å². The van der Waals surface area contributed by atoms with Crippen molar-refractivity contribution in [2.75, 3.05) is 0 Å². The summed E-state index contributed by atoms with van der Waals surface area (Å²) < 4.78 is 6.23. The minimum atomic E-state index is 0.951. The van der Waals surface area contributed by atoms with Gasteiger partial charge in [0.1, 0.15) is 11.5 Å². The predicted molar refractivity (Wildman–Crippen MR) is 127 cm³/mol. The molecule has 2 aromatic rings. The van der Waals surface area contributed by atoms with E-state index in [1.54, 1.807) is 0 Å². The second-order valence-corrected chi connectivity index (χ2v) is 8.39. The van der Waals surface area contributed by atoms with E-state index in [1.807, 2.05) is 0 Å². The summed E-state index contributed by atoms with van der Waals surface area (Å²) in [6.45, 7) is 4.55. The summed E-state index contributed by atoms with van der Waals surface area (Å²) in [7, 11) is 0. The third-order valence-corrected chi connectivity index (χ3v) is 5.74. The highest BCUT2D eigenvalue weighted by Crippen LogP contribution is 2.27. The van der Waals surface area contributed by atoms with Crippen LogP contribution in [-0.2, 0) is 12.8 Å². The molecule has 0 radical (unpaired) electrons. The van der Waals surface area contributed by atoms with E-state index in [9.17, 15) is 0 Å². The van der Waals surface area contributed by atoms with E-state index in [4.69, 9.17) is 4.74 Å². The van der Waals surface area contributed by atoms with Gasteiger partial charge in [-0.05, 0) is 55.0 Å². The van der Waals surface area contributed by atoms with Gasteiger partial charge < -0.3 is 4.74 Å². The fraction of sp³-hybridized carbons (Fsp3) is 0.571. The molecule has 160 valence electrons. The van der Waals surface area contributed by atoms with Gasteiger partial charge in [0.05, 0.1) is 0 Å². The average Bonchev–Trinajstić information content (AvgIpc) is 2.75. The first-order valence-electron chi connectivity index (χ1n) is 12.2. The quantitative estimate of drug-likeness (QED) is 0.258. The van der Waals surface area contributed by atoms with Crippen molar-refractivity contribution >= 4 is 0 Å². The molecule has 0 bridgehead atoms. The van der Waals surface area contributed by atoms with Crippen LogP contribution in [0.15, 0.2) is 48.5 Å². The molecule has 2 rings (SSSR count). The Morgan fingerprint density at radius 2 is 1.10 bits per heavy atom. The fourth-order valence-corrected chi connectivity index (χ4v) is 3.87. The van der Waals surface area contributed by atoms with Crippen molar-refractivity contribution in [1.29, 1.82) is 0 Å². The topological polar surface area (TPSA) is 9.23 Å². The number of unbranched alkanes of at least 4 members (excludes halogenated alkanes) is 10. The Morgan fingerprint density at radius 3 is 1.76 bits per heavy atom. The lowest BCUT2D eigenvalue weighted by Crippen LogP contribution is -1.93. The number of aryl methyl sites for hydroxylation is 2. The molecule has 1 heteroatoms. The molecule has 0 saturated heterocycles. The van der Waals surface area contributed by atoms with Crippen molar-refractivity contribution in [3.8, 4) is 11.5 Å². The van der Waals surface area contributed by atoms with E-state index < -0.39 is 0 Å². The zero-order valence-corrected chi connectivity index (χ0v) is 18.9. The summed E-state index contributed by atoms with van der Waals surface area (Å²) >= 11 is 0. The summed E-state index contributed by atoms with van der Waals surface area (Å²) in [5, 5.41) is 0. The largest absolute Gasteiger partial charge is 0.457 e. The van der Waals surface area contributed by atoms with Crippen LogP contribution >= 0.6 is 0 Å². The number of benzene rings is 2. The molecule has 0 unspecified atom stereocenters. The van der Waals surface area contributed by atoms with Gasteiger partial charge in [-0.2, -0.15) is 0 Å². The maximum Gasteiger partial charge on any atom is 0.130 e. The first-order valence-corrected chi connectivity index (χ1v) is 12.2. The van der Waals surface area contributed by atoms with Gasteiger partial charge in [-0.25, -0.2) is 0 Å². The van der Waals surface area contributed by atoms with Crippen molar-refractivity contribution in [2.45, 2.75) is 104 Å². The monoisotopic (exact) mass is 394 g/mol. The number of para-hydroxylation sites is 1. The number of hydrogen-bond acceptors (Lipinski definition) is 1. The third-order valence-electron chi connectivity index (χ3n) is 5.74. The van der Waals surface area contributed by atoms with Crippen LogP contribution in [0.3, 0.4) is 0 Å². The predicted octanol–water partition coefficient (Wildman–Crippen LogP) is 9.28. The van der Waals surface area contributed by atoms with E-state index in [-0.39, 0.29) is 0 Å². The van der Waals surface area contributed by atoms with Crippen LogP contribution < -0.4 is 4.74 Å². The van der Waals surface area contributed by atoms with E-state index in [2.05, 4.69) is 62.4 Å². The summed E-state index contributed by atoms with van der Waals surface area (Å²) in [5.41, 5.74) is 2.76. The Kier molecular flexibility index (Phi) is 12.3. The highest BCUT2D eigenvalue weighted by Gasteiger charge is 2.05. The Hall–Kier alpha value is -1.76. The number of hydrogen-bond donors (Lipinski definition) is 0. The lowest BCUT2D eigenvalue weighted by Gasteiger charge is -2.12. The SMILES string of the molecule is CCCCCCCCc1ccc(Oc2ccccc2CCCCCCCC)cc1. The Labute approximate surface area is 179 Å². The van der Waals surface area contributed by atoms with Gasteiger partial charge in [-0.15, -0.1) is 0 Å². The molecule has 1 nitrogen and oxygen atoms in total.